The van der Waals surface area contributed by atoms with Crippen molar-refractivity contribution in [3.8, 4) is 0 Å². The fourth-order valence-corrected chi connectivity index (χ4v) is 3.59. The van der Waals surface area contributed by atoms with Crippen LogP contribution in [-0.2, 0) is 0 Å². The fraction of sp³-hybridized carbons (Fsp3) is 0.647. The van der Waals surface area contributed by atoms with E-state index < -0.39 is 0 Å². The van der Waals surface area contributed by atoms with Crippen LogP contribution >= 0.6 is 0 Å². The lowest BCUT2D eigenvalue weighted by molar-refractivity contribution is 0.204. The maximum Gasteiger partial charge on any atom is 0.127 e. The van der Waals surface area contributed by atoms with Crippen LogP contribution in [0.1, 0.15) is 38.8 Å². The molecule has 1 saturated heterocycles. The zero-order chi connectivity index (χ0) is 14.7. The average Bonchev–Trinajstić information content (AvgIpc) is 2.71. The highest BCUT2D eigenvalue weighted by atomic mass is 19.1. The molecule has 2 nitrogen and oxygen atoms in total. The predicted octanol–water partition coefficient (Wildman–Crippen LogP) is 3.45. The number of nitrogens with zero attached hydrogens (tertiary/aromatic N) is 1. The first-order valence-corrected chi connectivity index (χ1v) is 7.68. The van der Waals surface area contributed by atoms with Gasteiger partial charge in [0.2, 0.25) is 0 Å². The molecule has 1 aromatic rings. The molecular formula is C17H27FN2. The van der Waals surface area contributed by atoms with Gasteiger partial charge in [0.15, 0.2) is 0 Å². The maximum atomic E-state index is 14.0. The van der Waals surface area contributed by atoms with Gasteiger partial charge in [-0.15, -0.1) is 0 Å². The van der Waals surface area contributed by atoms with Crippen molar-refractivity contribution < 1.29 is 4.39 Å². The van der Waals surface area contributed by atoms with E-state index in [2.05, 4.69) is 31.0 Å². The molecule has 1 heterocycles. The second-order valence-electron chi connectivity index (χ2n) is 6.41. The van der Waals surface area contributed by atoms with Crippen molar-refractivity contribution in [2.45, 2.75) is 39.3 Å². The highest BCUT2D eigenvalue weighted by molar-refractivity contribution is 5.21. The van der Waals surface area contributed by atoms with E-state index in [1.165, 1.54) is 13.0 Å². The predicted molar refractivity (Wildman–Crippen MR) is 82.2 cm³/mol. The van der Waals surface area contributed by atoms with E-state index in [0.717, 1.165) is 18.0 Å². The van der Waals surface area contributed by atoms with Crippen LogP contribution in [0.5, 0.6) is 0 Å². The molecule has 4 unspecified atom stereocenters. The van der Waals surface area contributed by atoms with Gasteiger partial charge in [-0.05, 0) is 38.3 Å². The Hall–Kier alpha value is -0.930. The smallest absolute Gasteiger partial charge is 0.127 e. The first-order valence-electron chi connectivity index (χ1n) is 7.68. The Labute approximate surface area is 122 Å². The van der Waals surface area contributed by atoms with Gasteiger partial charge >= 0.3 is 0 Å². The van der Waals surface area contributed by atoms with Gasteiger partial charge in [0, 0.05) is 30.7 Å². The summed E-state index contributed by atoms with van der Waals surface area (Å²) in [5.74, 6) is 1.05. The minimum atomic E-state index is -0.110. The van der Waals surface area contributed by atoms with Gasteiger partial charge in [0.25, 0.3) is 0 Å². The molecular weight excluding hydrogens is 251 g/mol. The van der Waals surface area contributed by atoms with E-state index in [9.17, 15) is 4.39 Å². The molecule has 0 aromatic heterocycles. The lowest BCUT2D eigenvalue weighted by Crippen LogP contribution is -2.37. The van der Waals surface area contributed by atoms with Crippen LogP contribution in [0.3, 0.4) is 0 Å². The molecule has 1 fully saturated rings. The van der Waals surface area contributed by atoms with E-state index >= 15 is 0 Å². The quantitative estimate of drug-likeness (QED) is 0.887. The van der Waals surface area contributed by atoms with Gasteiger partial charge in [-0.1, -0.05) is 32.0 Å². The average molecular weight is 278 g/mol. The van der Waals surface area contributed by atoms with E-state index in [1.807, 2.05) is 19.2 Å². The first kappa shape index (κ1) is 15.5. The van der Waals surface area contributed by atoms with Crippen molar-refractivity contribution in [1.82, 2.24) is 10.2 Å². The molecule has 1 aliphatic heterocycles. The van der Waals surface area contributed by atoms with Crippen LogP contribution in [0, 0.1) is 17.7 Å². The summed E-state index contributed by atoms with van der Waals surface area (Å²) in [6.45, 7) is 9.01. The monoisotopic (exact) mass is 278 g/mol. The van der Waals surface area contributed by atoms with Crippen molar-refractivity contribution in [1.29, 1.82) is 0 Å². The molecule has 4 atom stereocenters. The summed E-state index contributed by atoms with van der Waals surface area (Å²) in [7, 11) is 1.92. The topological polar surface area (TPSA) is 15.3 Å². The molecule has 0 aliphatic carbocycles. The first-order chi connectivity index (χ1) is 9.52. The van der Waals surface area contributed by atoms with Crippen molar-refractivity contribution in [2.75, 3.05) is 20.1 Å². The minimum Gasteiger partial charge on any atom is -0.313 e. The largest absolute Gasteiger partial charge is 0.313 e. The van der Waals surface area contributed by atoms with Crippen molar-refractivity contribution in [3.63, 3.8) is 0 Å². The zero-order valence-electron chi connectivity index (χ0n) is 13.1. The highest BCUT2D eigenvalue weighted by Crippen LogP contribution is 2.28. The van der Waals surface area contributed by atoms with E-state index in [1.54, 1.807) is 12.1 Å². The standard InChI is InChI=1S/C17H27FN2/c1-12-9-14(3)20(10-12)11-13(2)17(19-4)15-7-5-6-8-16(15)18/h5-8,12-14,17,19H,9-11H2,1-4H3. The lowest BCUT2D eigenvalue weighted by Gasteiger charge is -2.30. The molecule has 1 aromatic carbocycles. The van der Waals surface area contributed by atoms with Crippen LogP contribution in [-0.4, -0.2) is 31.1 Å². The normalized spacial score (nSPS) is 26.6. The number of hydrogen-bond acceptors (Lipinski definition) is 2. The Morgan fingerprint density at radius 2 is 2.05 bits per heavy atom. The van der Waals surface area contributed by atoms with Crippen LogP contribution in [0.2, 0.25) is 0 Å². The highest BCUT2D eigenvalue weighted by Gasteiger charge is 2.29. The summed E-state index contributed by atoms with van der Waals surface area (Å²) in [6.07, 6.45) is 1.27. The third-order valence-corrected chi connectivity index (χ3v) is 4.56. The maximum absolute atomic E-state index is 14.0. The number of likely N-dealkylation sites (tertiary alicyclic amines) is 1. The zero-order valence-corrected chi connectivity index (χ0v) is 13.1. The van der Waals surface area contributed by atoms with Gasteiger partial charge in [-0.25, -0.2) is 4.39 Å². The van der Waals surface area contributed by atoms with Crippen molar-refractivity contribution in [2.24, 2.45) is 11.8 Å². The second kappa shape index (κ2) is 6.68. The second-order valence-corrected chi connectivity index (χ2v) is 6.41. The number of rotatable bonds is 5. The minimum absolute atomic E-state index is 0.0688. The molecule has 0 spiro atoms. The molecule has 112 valence electrons. The van der Waals surface area contributed by atoms with Gasteiger partial charge in [-0.3, -0.25) is 0 Å². The van der Waals surface area contributed by atoms with E-state index in [0.29, 0.717) is 12.0 Å². The molecule has 3 heteroatoms. The molecule has 2 rings (SSSR count). The summed E-state index contributed by atoms with van der Waals surface area (Å²) in [4.78, 5) is 2.54. The number of hydrogen-bond donors (Lipinski definition) is 1. The molecule has 20 heavy (non-hydrogen) atoms. The summed E-state index contributed by atoms with van der Waals surface area (Å²) in [6, 6.07) is 7.82. The summed E-state index contributed by atoms with van der Waals surface area (Å²) in [5, 5.41) is 3.29. The Morgan fingerprint density at radius 3 is 2.60 bits per heavy atom. The molecule has 0 bridgehead atoms. The van der Waals surface area contributed by atoms with Crippen LogP contribution in [0.15, 0.2) is 24.3 Å². The molecule has 1 aliphatic rings. The summed E-state index contributed by atoms with van der Waals surface area (Å²) in [5.41, 5.74) is 0.780. The SMILES string of the molecule is CNC(c1ccccc1F)C(C)CN1CC(C)CC1C. The molecule has 1 N–H and O–H groups in total. The molecule has 0 amide bonds. The fourth-order valence-electron chi connectivity index (χ4n) is 3.59. The number of benzene rings is 1. The lowest BCUT2D eigenvalue weighted by atomic mass is 9.93. The van der Waals surface area contributed by atoms with Crippen molar-refractivity contribution in [3.05, 3.63) is 35.6 Å². The van der Waals surface area contributed by atoms with Gasteiger partial charge in [0.05, 0.1) is 0 Å². The number of halogens is 1. The van der Waals surface area contributed by atoms with Crippen LogP contribution in [0.4, 0.5) is 4.39 Å². The van der Waals surface area contributed by atoms with E-state index in [-0.39, 0.29) is 11.9 Å². The Balaban J connectivity index is 2.06. The Morgan fingerprint density at radius 1 is 1.35 bits per heavy atom. The van der Waals surface area contributed by atoms with Gasteiger partial charge < -0.3 is 10.2 Å². The van der Waals surface area contributed by atoms with Crippen molar-refractivity contribution >= 4 is 0 Å². The van der Waals surface area contributed by atoms with Gasteiger partial charge in [0.1, 0.15) is 5.82 Å². The third-order valence-electron chi connectivity index (χ3n) is 4.56. The van der Waals surface area contributed by atoms with E-state index in [4.69, 9.17) is 0 Å². The third kappa shape index (κ3) is 3.39. The summed E-state index contributed by atoms with van der Waals surface area (Å²) < 4.78 is 14.0. The Bertz CT molecular complexity index is 435. The summed E-state index contributed by atoms with van der Waals surface area (Å²) >= 11 is 0. The van der Waals surface area contributed by atoms with Crippen LogP contribution < -0.4 is 5.32 Å². The molecule has 0 saturated carbocycles. The van der Waals surface area contributed by atoms with Gasteiger partial charge in [-0.2, -0.15) is 0 Å². The Kier molecular flexibility index (Phi) is 5.17. The van der Waals surface area contributed by atoms with Crippen LogP contribution in [0.25, 0.3) is 0 Å². The number of nitrogens with one attached hydrogen (secondary N) is 1. The molecule has 0 radical (unpaired) electrons.